The lowest BCUT2D eigenvalue weighted by atomic mass is 9.73. The molecular formula is C22H24N6O2S. The lowest BCUT2D eigenvalue weighted by Gasteiger charge is -2.32. The summed E-state index contributed by atoms with van der Waals surface area (Å²) < 4.78 is 28.1. The second-order valence-corrected chi connectivity index (χ2v) is 10.2. The highest BCUT2D eigenvalue weighted by Crippen LogP contribution is 2.42. The van der Waals surface area contributed by atoms with Gasteiger partial charge in [-0.1, -0.05) is 30.3 Å². The highest BCUT2D eigenvalue weighted by Gasteiger charge is 2.45. The predicted molar refractivity (Wildman–Crippen MR) is 117 cm³/mol. The van der Waals surface area contributed by atoms with Crippen LogP contribution in [0.1, 0.15) is 23.1 Å². The van der Waals surface area contributed by atoms with Gasteiger partial charge in [-0.15, -0.1) is 5.10 Å². The van der Waals surface area contributed by atoms with Gasteiger partial charge in [-0.2, -0.15) is 19.3 Å². The van der Waals surface area contributed by atoms with E-state index in [1.165, 1.54) is 22.1 Å². The molecule has 0 aliphatic carbocycles. The van der Waals surface area contributed by atoms with E-state index in [1.54, 1.807) is 11.4 Å². The number of nitrogens with one attached hydrogen (secondary N) is 1. The Morgan fingerprint density at radius 2 is 1.97 bits per heavy atom. The minimum absolute atomic E-state index is 0.00693. The number of H-pyrrole nitrogens is 1. The maximum absolute atomic E-state index is 13.3. The van der Waals surface area contributed by atoms with Gasteiger partial charge in [0.15, 0.2) is 0 Å². The topological polar surface area (TPSA) is 96.8 Å². The summed E-state index contributed by atoms with van der Waals surface area (Å²) in [6.45, 7) is 2.92. The molecule has 2 aromatic carbocycles. The number of rotatable bonds is 5. The molecule has 0 radical (unpaired) electrons. The number of hydrogen-bond acceptors (Lipinski definition) is 5. The third kappa shape index (κ3) is 3.43. The fourth-order valence-electron chi connectivity index (χ4n) is 4.73. The van der Waals surface area contributed by atoms with E-state index in [4.69, 9.17) is 0 Å². The van der Waals surface area contributed by atoms with Gasteiger partial charge in [0.2, 0.25) is 5.03 Å². The fraction of sp³-hybridized carbons (Fsp3) is 0.318. The number of aromatic amines is 1. The Balaban J connectivity index is 1.59. The molecule has 160 valence electrons. The van der Waals surface area contributed by atoms with Crippen LogP contribution in [0.5, 0.6) is 0 Å². The monoisotopic (exact) mass is 436 g/mol. The molecule has 0 saturated carbocycles. The molecule has 0 amide bonds. The van der Waals surface area contributed by atoms with Crippen molar-refractivity contribution < 1.29 is 8.42 Å². The lowest BCUT2D eigenvalue weighted by Crippen LogP contribution is -2.36. The Hall–Kier alpha value is -3.04. The second kappa shape index (κ2) is 7.28. The van der Waals surface area contributed by atoms with Gasteiger partial charge in [0, 0.05) is 30.9 Å². The molecule has 1 atom stereocenters. The summed E-state index contributed by atoms with van der Waals surface area (Å²) in [6.07, 6.45) is 4.61. The average Bonchev–Trinajstić information content (AvgIpc) is 3.48. The molecule has 4 aromatic rings. The molecule has 1 unspecified atom stereocenters. The van der Waals surface area contributed by atoms with Crippen LogP contribution in [0, 0.1) is 6.92 Å². The fourth-order valence-corrected chi connectivity index (χ4v) is 6.15. The molecule has 1 aliphatic heterocycles. The first-order valence-electron chi connectivity index (χ1n) is 10.2. The predicted octanol–water partition coefficient (Wildman–Crippen LogP) is 2.57. The molecule has 5 rings (SSSR count). The molecule has 3 heterocycles. The van der Waals surface area contributed by atoms with Crippen LogP contribution in [0.25, 0.3) is 10.9 Å². The molecule has 31 heavy (non-hydrogen) atoms. The maximum atomic E-state index is 13.3. The summed E-state index contributed by atoms with van der Waals surface area (Å²) in [5, 5.41) is 16.2. The van der Waals surface area contributed by atoms with Gasteiger partial charge in [0.1, 0.15) is 0 Å². The van der Waals surface area contributed by atoms with Gasteiger partial charge < -0.3 is 0 Å². The Morgan fingerprint density at radius 3 is 2.71 bits per heavy atom. The van der Waals surface area contributed by atoms with Crippen molar-refractivity contribution in [1.29, 1.82) is 0 Å². The van der Waals surface area contributed by atoms with E-state index < -0.39 is 10.0 Å². The number of benzene rings is 2. The minimum Gasteiger partial charge on any atom is -0.278 e. The van der Waals surface area contributed by atoms with Crippen LogP contribution in [0.2, 0.25) is 0 Å². The normalized spacial score (nSPS) is 19.9. The van der Waals surface area contributed by atoms with Crippen molar-refractivity contribution in [2.45, 2.75) is 30.2 Å². The Morgan fingerprint density at radius 1 is 1.16 bits per heavy atom. The van der Waals surface area contributed by atoms with Gasteiger partial charge in [0.25, 0.3) is 10.0 Å². The molecule has 0 bridgehead atoms. The molecule has 0 spiro atoms. The molecule has 1 fully saturated rings. The van der Waals surface area contributed by atoms with Gasteiger partial charge in [-0.3, -0.25) is 5.10 Å². The number of aryl methyl sites for hydroxylation is 2. The quantitative estimate of drug-likeness (QED) is 0.519. The van der Waals surface area contributed by atoms with Crippen molar-refractivity contribution in [3.8, 4) is 0 Å². The van der Waals surface area contributed by atoms with E-state index in [-0.39, 0.29) is 10.4 Å². The Labute approximate surface area is 180 Å². The van der Waals surface area contributed by atoms with Crippen LogP contribution in [0.15, 0.2) is 59.9 Å². The third-order valence-electron chi connectivity index (χ3n) is 6.24. The lowest BCUT2D eigenvalue weighted by molar-refractivity contribution is 0.412. The van der Waals surface area contributed by atoms with Crippen molar-refractivity contribution in [2.24, 2.45) is 7.05 Å². The number of fused-ring (bicyclic) bond motifs is 1. The molecule has 8 nitrogen and oxygen atoms in total. The molecule has 9 heteroatoms. The highest BCUT2D eigenvalue weighted by atomic mass is 32.2. The summed E-state index contributed by atoms with van der Waals surface area (Å²) in [5.74, 6) is 0. The van der Waals surface area contributed by atoms with E-state index in [9.17, 15) is 8.42 Å². The zero-order valence-electron chi connectivity index (χ0n) is 17.5. The SMILES string of the molecule is Cc1cc2[nH]ncc2cc1C1(Cc2ccccc2)CCN(S(=O)(=O)c2cnn(C)n2)C1. The van der Waals surface area contributed by atoms with Crippen LogP contribution in [-0.4, -0.2) is 51.0 Å². The van der Waals surface area contributed by atoms with Crippen molar-refractivity contribution >= 4 is 20.9 Å². The van der Waals surface area contributed by atoms with Crippen molar-refractivity contribution in [2.75, 3.05) is 13.1 Å². The summed E-state index contributed by atoms with van der Waals surface area (Å²) in [4.78, 5) is 1.27. The van der Waals surface area contributed by atoms with Crippen LogP contribution < -0.4 is 0 Å². The first kappa shape index (κ1) is 19.9. The minimum atomic E-state index is -3.71. The van der Waals surface area contributed by atoms with E-state index in [1.807, 2.05) is 24.4 Å². The smallest absolute Gasteiger partial charge is 0.264 e. The second-order valence-electron chi connectivity index (χ2n) is 8.33. The zero-order valence-corrected chi connectivity index (χ0v) is 18.3. The van der Waals surface area contributed by atoms with E-state index >= 15 is 0 Å². The number of nitrogens with zero attached hydrogens (tertiary/aromatic N) is 5. The first-order chi connectivity index (χ1) is 14.9. The van der Waals surface area contributed by atoms with Crippen LogP contribution >= 0.6 is 0 Å². The Kier molecular flexibility index (Phi) is 4.67. The summed E-state index contributed by atoms with van der Waals surface area (Å²) in [5.41, 5.74) is 4.13. The molecule has 1 aliphatic rings. The molecular weight excluding hydrogens is 412 g/mol. The number of sulfonamides is 1. The van der Waals surface area contributed by atoms with Crippen molar-refractivity contribution in [1.82, 2.24) is 29.5 Å². The third-order valence-corrected chi connectivity index (χ3v) is 7.95. The molecule has 2 aromatic heterocycles. The first-order valence-corrected chi connectivity index (χ1v) is 11.7. The van der Waals surface area contributed by atoms with Crippen LogP contribution in [0.4, 0.5) is 0 Å². The number of aromatic nitrogens is 5. The van der Waals surface area contributed by atoms with E-state index in [2.05, 4.69) is 51.6 Å². The van der Waals surface area contributed by atoms with Gasteiger partial charge >= 0.3 is 0 Å². The average molecular weight is 437 g/mol. The van der Waals surface area contributed by atoms with Crippen molar-refractivity contribution in [3.63, 3.8) is 0 Å². The summed E-state index contributed by atoms with van der Waals surface area (Å²) >= 11 is 0. The van der Waals surface area contributed by atoms with E-state index in [0.29, 0.717) is 13.1 Å². The summed E-state index contributed by atoms with van der Waals surface area (Å²) in [6, 6.07) is 14.5. The van der Waals surface area contributed by atoms with Gasteiger partial charge in [-0.25, -0.2) is 8.42 Å². The molecule has 1 N–H and O–H groups in total. The molecule has 1 saturated heterocycles. The van der Waals surface area contributed by atoms with Gasteiger partial charge in [-0.05, 0) is 48.6 Å². The van der Waals surface area contributed by atoms with Gasteiger partial charge in [0.05, 0.1) is 17.9 Å². The van der Waals surface area contributed by atoms with E-state index in [0.717, 1.165) is 29.3 Å². The standard InChI is InChI=1S/C22H24N6O2S/c1-16-10-20-18(13-23-25-20)11-19(16)22(12-17-6-4-3-5-7-17)8-9-28(15-22)31(29,30)21-14-24-27(2)26-21/h3-7,10-11,13-14H,8-9,12,15H2,1-2H3,(H,23,25). The summed E-state index contributed by atoms with van der Waals surface area (Å²) in [7, 11) is -2.10. The van der Waals surface area contributed by atoms with Crippen LogP contribution in [0.3, 0.4) is 0 Å². The largest absolute Gasteiger partial charge is 0.278 e. The van der Waals surface area contributed by atoms with Crippen LogP contribution in [-0.2, 0) is 28.9 Å². The maximum Gasteiger partial charge on any atom is 0.264 e. The zero-order chi connectivity index (χ0) is 21.6. The number of hydrogen-bond donors (Lipinski definition) is 1. The Bertz CT molecular complexity index is 1340. The van der Waals surface area contributed by atoms with Crippen molar-refractivity contribution in [3.05, 3.63) is 71.5 Å². The highest BCUT2D eigenvalue weighted by molar-refractivity contribution is 7.89.